The Kier molecular flexibility index (Phi) is 7.52. The number of rotatable bonds is 9. The first-order valence-electron chi connectivity index (χ1n) is 10.4. The van der Waals surface area contributed by atoms with Gasteiger partial charge in [0.25, 0.3) is 0 Å². The van der Waals surface area contributed by atoms with E-state index in [0.717, 1.165) is 0 Å². The Labute approximate surface area is 195 Å². The second-order valence-corrected chi connectivity index (χ2v) is 7.97. The van der Waals surface area contributed by atoms with Gasteiger partial charge >= 0.3 is 23.9 Å². The molecule has 0 radical (unpaired) electrons. The fourth-order valence-corrected chi connectivity index (χ4v) is 3.04. The highest BCUT2D eigenvalue weighted by Gasteiger charge is 2.25. The van der Waals surface area contributed by atoms with E-state index in [1.165, 1.54) is 19.4 Å². The average Bonchev–Trinajstić information content (AvgIpc) is 3.28. The van der Waals surface area contributed by atoms with E-state index in [1.54, 1.807) is 56.3 Å². The van der Waals surface area contributed by atoms with Crippen LogP contribution in [0.15, 0.2) is 59.1 Å². The van der Waals surface area contributed by atoms with Crippen molar-refractivity contribution in [1.82, 2.24) is 10.3 Å². The van der Waals surface area contributed by atoms with Crippen molar-refractivity contribution in [2.45, 2.75) is 25.8 Å². The number of benzene rings is 2. The van der Waals surface area contributed by atoms with E-state index < -0.39 is 23.3 Å². The molecular weight excluding hydrogens is 442 g/mol. The van der Waals surface area contributed by atoms with Gasteiger partial charge in [-0.25, -0.2) is 4.79 Å². The van der Waals surface area contributed by atoms with Crippen LogP contribution in [0.4, 0.5) is 5.69 Å². The van der Waals surface area contributed by atoms with Crippen LogP contribution in [0.2, 0.25) is 0 Å². The van der Waals surface area contributed by atoms with Gasteiger partial charge in [-0.05, 0) is 38.1 Å². The van der Waals surface area contributed by atoms with E-state index in [4.69, 9.17) is 13.9 Å². The van der Waals surface area contributed by atoms with Crippen LogP contribution < -0.4 is 20.1 Å². The number of carbonyl (C=O) groups excluding carboxylic acids is 2. The van der Waals surface area contributed by atoms with Crippen molar-refractivity contribution in [3.05, 3.63) is 60.3 Å². The number of nitrogens with zero attached hydrogens (tertiary/aromatic N) is 1. The van der Waals surface area contributed by atoms with Crippen LogP contribution in [0, 0.1) is 0 Å². The molecule has 0 fully saturated rings. The maximum Gasteiger partial charge on any atom is 0.393 e. The topological polar surface area (TPSA) is 140 Å². The van der Waals surface area contributed by atoms with Gasteiger partial charge in [0.1, 0.15) is 11.3 Å². The molecule has 34 heavy (non-hydrogen) atoms. The molecule has 0 unspecified atom stereocenters. The molecule has 10 heteroatoms. The fourth-order valence-electron chi connectivity index (χ4n) is 3.04. The van der Waals surface area contributed by atoms with Gasteiger partial charge in [0.05, 0.1) is 19.9 Å². The zero-order valence-electron chi connectivity index (χ0n) is 19.0. The predicted molar refractivity (Wildman–Crippen MR) is 123 cm³/mol. The third-order valence-electron chi connectivity index (χ3n) is 4.82. The summed E-state index contributed by atoms with van der Waals surface area (Å²) >= 11 is 0. The highest BCUT2D eigenvalue weighted by molar-refractivity contribution is 6.39. The van der Waals surface area contributed by atoms with Gasteiger partial charge in [0.15, 0.2) is 5.76 Å². The molecule has 10 nitrogen and oxygen atoms in total. The Morgan fingerprint density at radius 3 is 2.56 bits per heavy atom. The van der Waals surface area contributed by atoms with Crippen LogP contribution in [-0.2, 0) is 9.59 Å². The molecule has 0 spiro atoms. The number of ether oxygens (including phenoxy) is 2. The quantitative estimate of drug-likeness (QED) is 0.407. The highest BCUT2D eigenvalue weighted by atomic mass is 16.6. The Morgan fingerprint density at radius 1 is 1.09 bits per heavy atom. The van der Waals surface area contributed by atoms with Gasteiger partial charge in [-0.2, -0.15) is 4.98 Å². The predicted octanol–water partition coefficient (Wildman–Crippen LogP) is 3.35. The number of carboxylic acids is 1. The van der Waals surface area contributed by atoms with E-state index in [-0.39, 0.29) is 24.0 Å². The van der Waals surface area contributed by atoms with Crippen LogP contribution >= 0.6 is 0 Å². The van der Waals surface area contributed by atoms with Gasteiger partial charge in [0.2, 0.25) is 0 Å². The van der Waals surface area contributed by atoms with Crippen molar-refractivity contribution in [3.63, 3.8) is 0 Å². The normalized spacial score (nSPS) is 10.9. The summed E-state index contributed by atoms with van der Waals surface area (Å²) < 4.78 is 15.9. The van der Waals surface area contributed by atoms with Crippen LogP contribution in [-0.4, -0.2) is 47.1 Å². The maximum atomic E-state index is 12.4. The van der Waals surface area contributed by atoms with Gasteiger partial charge in [-0.1, -0.05) is 24.3 Å². The summed E-state index contributed by atoms with van der Waals surface area (Å²) in [4.78, 5) is 40.1. The molecule has 0 bridgehead atoms. The lowest BCUT2D eigenvalue weighted by Gasteiger charge is -2.26. The smallest absolute Gasteiger partial charge is 0.393 e. The van der Waals surface area contributed by atoms with Crippen LogP contribution in [0.1, 0.15) is 30.6 Å². The van der Waals surface area contributed by atoms with Crippen molar-refractivity contribution < 1.29 is 33.4 Å². The third-order valence-corrected chi connectivity index (χ3v) is 4.82. The summed E-state index contributed by atoms with van der Waals surface area (Å²) in [5.41, 5.74) is 0.312. The molecule has 1 aromatic heterocycles. The third kappa shape index (κ3) is 6.35. The molecule has 178 valence electrons. The molecule has 2 amide bonds. The lowest BCUT2D eigenvalue weighted by Crippen LogP contribution is -2.48. The van der Waals surface area contributed by atoms with Crippen LogP contribution in [0.5, 0.6) is 11.8 Å². The van der Waals surface area contributed by atoms with Crippen molar-refractivity contribution in [2.24, 2.45) is 0 Å². The molecule has 0 aliphatic heterocycles. The number of carboxylic acid groups (broad SMARTS) is 1. The number of amides is 2. The number of methoxy groups -OCH3 is 1. The van der Waals surface area contributed by atoms with Gasteiger partial charge in [-0.3, -0.25) is 9.59 Å². The molecule has 0 atom stereocenters. The summed E-state index contributed by atoms with van der Waals surface area (Å²) in [7, 11) is 1.44. The van der Waals surface area contributed by atoms with Crippen molar-refractivity contribution >= 4 is 23.5 Å². The first-order valence-corrected chi connectivity index (χ1v) is 10.4. The molecule has 2 aromatic carbocycles. The van der Waals surface area contributed by atoms with Crippen LogP contribution in [0.25, 0.3) is 11.3 Å². The van der Waals surface area contributed by atoms with E-state index >= 15 is 0 Å². The summed E-state index contributed by atoms with van der Waals surface area (Å²) in [5, 5.41) is 14.4. The molecular formula is C24H25N3O7. The Morgan fingerprint density at radius 2 is 1.85 bits per heavy atom. The lowest BCUT2D eigenvalue weighted by molar-refractivity contribution is -0.137. The van der Waals surface area contributed by atoms with E-state index in [0.29, 0.717) is 23.4 Å². The molecule has 3 N–H and O–H groups in total. The molecule has 0 saturated carbocycles. The summed E-state index contributed by atoms with van der Waals surface area (Å²) in [6, 6.07) is 13.0. The number of aromatic carboxylic acids is 1. The number of para-hydroxylation sites is 1. The minimum atomic E-state index is -1.09. The monoisotopic (exact) mass is 467 g/mol. The zero-order chi connectivity index (χ0) is 24.7. The molecule has 0 saturated heterocycles. The Balaban J connectivity index is 1.55. The van der Waals surface area contributed by atoms with Crippen molar-refractivity contribution in [3.8, 4) is 23.1 Å². The zero-order valence-corrected chi connectivity index (χ0v) is 19.0. The number of carbonyl (C=O) groups is 3. The molecule has 0 aliphatic carbocycles. The molecule has 3 rings (SSSR count). The number of nitrogens with one attached hydrogen (secondary N) is 2. The SMILES string of the molecule is COc1ncc(-c2cccc(NC(=O)C(=O)NC(C)(C)CCOc3ccccc3C(=O)O)c2)o1. The number of hydrogen-bond acceptors (Lipinski definition) is 7. The number of hydrogen-bond donors (Lipinski definition) is 3. The number of anilines is 1. The van der Waals surface area contributed by atoms with E-state index in [1.807, 2.05) is 0 Å². The summed E-state index contributed by atoms with van der Waals surface area (Å²) in [6.07, 6.45) is 1.94. The Hall–Kier alpha value is -4.34. The van der Waals surface area contributed by atoms with Crippen molar-refractivity contribution in [2.75, 3.05) is 19.0 Å². The average molecular weight is 467 g/mol. The fraction of sp³-hybridized carbons (Fsp3) is 0.250. The first-order chi connectivity index (χ1) is 16.2. The van der Waals surface area contributed by atoms with E-state index in [2.05, 4.69) is 15.6 Å². The molecule has 3 aromatic rings. The second kappa shape index (κ2) is 10.5. The lowest BCUT2D eigenvalue weighted by atomic mass is 10.0. The van der Waals surface area contributed by atoms with Crippen LogP contribution in [0.3, 0.4) is 0 Å². The van der Waals surface area contributed by atoms with Gasteiger partial charge in [0, 0.05) is 23.2 Å². The summed E-state index contributed by atoms with van der Waals surface area (Å²) in [6.45, 7) is 3.62. The maximum absolute atomic E-state index is 12.4. The first kappa shape index (κ1) is 24.3. The summed E-state index contributed by atoms with van der Waals surface area (Å²) in [5.74, 6) is -2.06. The minimum absolute atomic E-state index is 0.0507. The minimum Gasteiger partial charge on any atom is -0.493 e. The standard InChI is InChI=1S/C24H25N3O7/c1-24(2,11-12-33-18-10-5-4-9-17(18)22(30)31)27-21(29)20(28)26-16-8-6-7-15(13-16)19-14-25-23(32-3)34-19/h4-10,13-14H,11-12H2,1-3H3,(H,26,28)(H,27,29)(H,30,31). The van der Waals surface area contributed by atoms with Crippen molar-refractivity contribution in [1.29, 1.82) is 0 Å². The number of aromatic nitrogens is 1. The molecule has 0 aliphatic rings. The number of oxazole rings is 1. The van der Waals surface area contributed by atoms with Gasteiger partial charge in [-0.15, -0.1) is 0 Å². The molecule has 1 heterocycles. The van der Waals surface area contributed by atoms with Gasteiger partial charge < -0.3 is 29.6 Å². The highest BCUT2D eigenvalue weighted by Crippen LogP contribution is 2.26. The van der Waals surface area contributed by atoms with E-state index in [9.17, 15) is 19.5 Å². The largest absolute Gasteiger partial charge is 0.493 e. The second-order valence-electron chi connectivity index (χ2n) is 7.97. The Bertz CT molecular complexity index is 1190.